The quantitative estimate of drug-likeness (QED) is 0.167. The lowest BCUT2D eigenvalue weighted by atomic mass is 9.98. The van der Waals surface area contributed by atoms with E-state index in [0.29, 0.717) is 0 Å². The predicted octanol–water partition coefficient (Wildman–Crippen LogP) is 13.1. The topological polar surface area (TPSA) is 9.34 Å². The molecule has 0 atom stereocenters. The van der Waals surface area contributed by atoms with Crippen LogP contribution in [0.25, 0.3) is 108 Å². The lowest BCUT2D eigenvalue weighted by Crippen LogP contribution is -1.92. The largest absolute Gasteiger partial charge is 0.309 e. The summed E-state index contributed by atoms with van der Waals surface area (Å²) in [6, 6.07) is 58.3. The molecule has 12 rings (SSSR count). The predicted molar refractivity (Wildman–Crippen MR) is 211 cm³/mol. The molecule has 0 fully saturated rings. The Balaban J connectivity index is 1.22. The summed E-state index contributed by atoms with van der Waals surface area (Å²) in [5.74, 6) is 0. The zero-order chi connectivity index (χ0) is 31.8. The van der Waals surface area contributed by atoms with Gasteiger partial charge in [-0.1, -0.05) is 109 Å². The van der Waals surface area contributed by atoms with Gasteiger partial charge in [0, 0.05) is 48.1 Å². The minimum Gasteiger partial charge on any atom is -0.309 e. The second-order valence-electron chi connectivity index (χ2n) is 13.3. The van der Waals surface area contributed by atoms with Gasteiger partial charge in [-0.2, -0.15) is 0 Å². The van der Waals surface area contributed by atoms with Crippen LogP contribution >= 0.6 is 11.3 Å². The molecule has 0 spiro atoms. The summed E-state index contributed by atoms with van der Waals surface area (Å²) in [6.07, 6.45) is 0. The van der Waals surface area contributed by atoms with Crippen molar-refractivity contribution in [2.24, 2.45) is 0 Å². The molecule has 2 nitrogen and oxygen atoms in total. The number of aromatic nitrogens is 2. The number of hydrogen-bond donors (Lipinski definition) is 0. The summed E-state index contributed by atoms with van der Waals surface area (Å²) >= 11 is 1.96. The monoisotopic (exact) mass is 638 g/mol. The van der Waals surface area contributed by atoms with Gasteiger partial charge in [-0.25, -0.2) is 0 Å². The summed E-state index contributed by atoms with van der Waals surface area (Å²) in [4.78, 5) is 0. The van der Waals surface area contributed by atoms with Crippen LogP contribution < -0.4 is 0 Å². The Kier molecular flexibility index (Phi) is 4.89. The normalized spacial score (nSPS) is 12.5. The molecule has 226 valence electrons. The molecule has 0 saturated heterocycles. The van der Waals surface area contributed by atoms with Gasteiger partial charge in [-0.3, -0.25) is 0 Å². The smallest absolute Gasteiger partial charge is 0.0734 e. The standard InChI is InChI=1S/C46H26N2S/c1-2-12-29(13-3-1)47-39-20-10-8-16-32(39)36-24-27(22-23-41(36)47)28-25-37-33-17-9-11-21-40(33)48-43(37)38(26-28)46-44(48)42-34-18-6-4-14-30(34)31-15-5-7-19-35(31)45(42)49-46/h1-26H. The Morgan fingerprint density at radius 1 is 0.347 bits per heavy atom. The van der Waals surface area contributed by atoms with Gasteiger partial charge in [0.15, 0.2) is 0 Å². The van der Waals surface area contributed by atoms with E-state index in [4.69, 9.17) is 0 Å². The van der Waals surface area contributed by atoms with Crippen molar-refractivity contribution >= 4 is 102 Å². The van der Waals surface area contributed by atoms with Crippen LogP contribution in [0.15, 0.2) is 158 Å². The Labute approximate surface area is 284 Å². The zero-order valence-electron chi connectivity index (χ0n) is 26.3. The summed E-state index contributed by atoms with van der Waals surface area (Å²) in [6.45, 7) is 0. The Bertz CT molecular complexity index is 3320. The third-order valence-corrected chi connectivity index (χ3v) is 12.0. The van der Waals surface area contributed by atoms with E-state index in [9.17, 15) is 0 Å². The molecule has 0 unspecified atom stereocenters. The van der Waals surface area contributed by atoms with Crippen LogP contribution in [0.5, 0.6) is 0 Å². The highest BCUT2D eigenvalue weighted by Gasteiger charge is 2.24. The van der Waals surface area contributed by atoms with E-state index < -0.39 is 0 Å². The van der Waals surface area contributed by atoms with Gasteiger partial charge >= 0.3 is 0 Å². The van der Waals surface area contributed by atoms with Gasteiger partial charge in [-0.05, 0) is 75.8 Å². The van der Waals surface area contributed by atoms with Crippen molar-refractivity contribution < 1.29 is 0 Å². The minimum absolute atomic E-state index is 1.18. The number of fused-ring (bicyclic) bond motifs is 16. The van der Waals surface area contributed by atoms with Crippen molar-refractivity contribution in [2.45, 2.75) is 0 Å². The third-order valence-electron chi connectivity index (χ3n) is 10.8. The molecule has 3 heteroatoms. The second kappa shape index (κ2) is 9.25. The number of thiophene rings is 1. The lowest BCUT2D eigenvalue weighted by molar-refractivity contribution is 1.18. The fourth-order valence-electron chi connectivity index (χ4n) is 8.79. The van der Waals surface area contributed by atoms with Crippen LogP contribution in [0, 0.1) is 0 Å². The van der Waals surface area contributed by atoms with E-state index in [1.807, 2.05) is 11.3 Å². The van der Waals surface area contributed by atoms with Crippen LogP contribution in [0.2, 0.25) is 0 Å². The summed E-state index contributed by atoms with van der Waals surface area (Å²) in [7, 11) is 0. The van der Waals surface area contributed by atoms with Gasteiger partial charge in [-0.15, -0.1) is 11.3 Å². The van der Waals surface area contributed by atoms with Crippen molar-refractivity contribution in [1.82, 2.24) is 8.97 Å². The van der Waals surface area contributed by atoms with Crippen molar-refractivity contribution in [3.63, 3.8) is 0 Å². The number of benzene rings is 8. The molecule has 4 heterocycles. The van der Waals surface area contributed by atoms with Crippen molar-refractivity contribution in [2.75, 3.05) is 0 Å². The molecule has 0 aliphatic rings. The first-order valence-corrected chi connectivity index (χ1v) is 17.7. The van der Waals surface area contributed by atoms with E-state index in [-0.39, 0.29) is 0 Å². The Hall–Kier alpha value is -6.16. The molecule has 4 aromatic heterocycles. The zero-order valence-corrected chi connectivity index (χ0v) is 27.1. The highest BCUT2D eigenvalue weighted by atomic mass is 32.1. The number of para-hydroxylation sites is 3. The number of hydrogen-bond acceptors (Lipinski definition) is 1. The first kappa shape index (κ1) is 25.9. The molecule has 8 aromatic carbocycles. The maximum absolute atomic E-state index is 2.57. The average Bonchev–Trinajstić information content (AvgIpc) is 3.90. The Morgan fingerprint density at radius 3 is 1.71 bits per heavy atom. The van der Waals surface area contributed by atoms with Crippen molar-refractivity contribution in [3.05, 3.63) is 158 Å². The van der Waals surface area contributed by atoms with Gasteiger partial charge in [0.25, 0.3) is 0 Å². The SMILES string of the molecule is c1ccc(-n2c3ccccc3c3cc(-c4cc5c6ccccc6n6c5c(c4)c4sc5c7ccccc7c7ccccc7c5c46)ccc32)cc1. The molecule has 0 N–H and O–H groups in total. The third kappa shape index (κ3) is 3.25. The van der Waals surface area contributed by atoms with Crippen LogP contribution in [0.4, 0.5) is 0 Å². The molecule has 0 aliphatic carbocycles. The fourth-order valence-corrected chi connectivity index (χ4v) is 10.1. The van der Waals surface area contributed by atoms with Crippen LogP contribution in [0.1, 0.15) is 0 Å². The maximum atomic E-state index is 2.57. The molecule has 0 saturated carbocycles. The molecule has 49 heavy (non-hydrogen) atoms. The first-order valence-electron chi connectivity index (χ1n) is 16.9. The van der Waals surface area contributed by atoms with Crippen LogP contribution in [-0.2, 0) is 0 Å². The van der Waals surface area contributed by atoms with E-state index in [1.54, 1.807) is 0 Å². The van der Waals surface area contributed by atoms with Gasteiger partial charge in [0.05, 0.1) is 32.3 Å². The van der Waals surface area contributed by atoms with Gasteiger partial charge in [0.1, 0.15) is 0 Å². The van der Waals surface area contributed by atoms with Crippen LogP contribution in [-0.4, -0.2) is 8.97 Å². The minimum atomic E-state index is 1.18. The molecule has 12 aromatic rings. The lowest BCUT2D eigenvalue weighted by Gasteiger charge is -2.08. The number of rotatable bonds is 2. The van der Waals surface area contributed by atoms with Gasteiger partial charge in [0.2, 0.25) is 0 Å². The molecular weight excluding hydrogens is 613 g/mol. The van der Waals surface area contributed by atoms with Crippen LogP contribution in [0.3, 0.4) is 0 Å². The first-order chi connectivity index (χ1) is 24.3. The van der Waals surface area contributed by atoms with Crippen molar-refractivity contribution in [3.8, 4) is 16.8 Å². The summed E-state index contributed by atoms with van der Waals surface area (Å²) in [5.41, 5.74) is 10.1. The Morgan fingerprint density at radius 2 is 0.918 bits per heavy atom. The highest BCUT2D eigenvalue weighted by Crippen LogP contribution is 2.50. The molecule has 0 bridgehead atoms. The van der Waals surface area contributed by atoms with E-state index in [2.05, 4.69) is 167 Å². The summed E-state index contributed by atoms with van der Waals surface area (Å²) in [5, 5.41) is 13.2. The van der Waals surface area contributed by atoms with Crippen molar-refractivity contribution in [1.29, 1.82) is 0 Å². The second-order valence-corrected chi connectivity index (χ2v) is 14.3. The van der Waals surface area contributed by atoms with E-state index in [1.165, 1.54) is 108 Å². The molecule has 0 amide bonds. The average molecular weight is 639 g/mol. The fraction of sp³-hybridized carbons (Fsp3) is 0. The van der Waals surface area contributed by atoms with E-state index in [0.717, 1.165) is 0 Å². The summed E-state index contributed by atoms with van der Waals surface area (Å²) < 4.78 is 7.70. The van der Waals surface area contributed by atoms with Gasteiger partial charge < -0.3 is 8.97 Å². The number of nitrogens with zero attached hydrogens (tertiary/aromatic N) is 2. The maximum Gasteiger partial charge on any atom is 0.0734 e. The molecular formula is C46H26N2S. The van der Waals surface area contributed by atoms with E-state index >= 15 is 0 Å². The highest BCUT2D eigenvalue weighted by molar-refractivity contribution is 7.27. The molecule has 0 radical (unpaired) electrons. The molecule has 0 aliphatic heterocycles.